The molecule has 0 bridgehead atoms. The molecule has 5 heteroatoms. The number of amides is 1. The molecule has 0 unspecified atom stereocenters. The van der Waals surface area contributed by atoms with Crippen molar-refractivity contribution < 1.29 is 9.90 Å². The zero-order chi connectivity index (χ0) is 15.2. The molecule has 21 heavy (non-hydrogen) atoms. The van der Waals surface area contributed by atoms with Crippen LogP contribution in [-0.4, -0.2) is 29.1 Å². The third kappa shape index (κ3) is 4.21. The molecule has 0 radical (unpaired) electrons. The topological polar surface area (TPSA) is 40.5 Å². The molecule has 0 aliphatic heterocycles. The lowest BCUT2D eigenvalue weighted by Gasteiger charge is -2.22. The molecule has 1 amide bonds. The molecule has 0 aromatic heterocycles. The highest BCUT2D eigenvalue weighted by Crippen LogP contribution is 2.22. The zero-order valence-electron chi connectivity index (χ0n) is 11.3. The van der Waals surface area contributed by atoms with Crippen LogP contribution in [0.2, 0.25) is 10.0 Å². The van der Waals surface area contributed by atoms with Crippen LogP contribution in [0.4, 0.5) is 0 Å². The molecule has 2 rings (SSSR count). The van der Waals surface area contributed by atoms with Crippen LogP contribution in [0.1, 0.15) is 15.9 Å². The van der Waals surface area contributed by atoms with Gasteiger partial charge in [0, 0.05) is 18.1 Å². The van der Waals surface area contributed by atoms with Crippen molar-refractivity contribution >= 4 is 29.1 Å². The summed E-state index contributed by atoms with van der Waals surface area (Å²) in [6, 6.07) is 14.4. The van der Waals surface area contributed by atoms with E-state index in [4.69, 9.17) is 23.2 Å². The third-order valence-corrected chi connectivity index (χ3v) is 3.60. The van der Waals surface area contributed by atoms with E-state index in [2.05, 4.69) is 0 Å². The van der Waals surface area contributed by atoms with Crippen LogP contribution in [0.5, 0.6) is 0 Å². The Morgan fingerprint density at radius 2 is 1.81 bits per heavy atom. The molecule has 1 N–H and O–H groups in total. The maximum absolute atomic E-state index is 12.6. The monoisotopic (exact) mass is 323 g/mol. The van der Waals surface area contributed by atoms with Gasteiger partial charge in [-0.3, -0.25) is 4.79 Å². The SMILES string of the molecule is O=C(c1cc(Cl)ccc1Cl)N(CCO)Cc1ccccc1. The predicted molar refractivity (Wildman–Crippen MR) is 84.7 cm³/mol. The van der Waals surface area contributed by atoms with Gasteiger partial charge in [0.15, 0.2) is 0 Å². The van der Waals surface area contributed by atoms with Gasteiger partial charge in [-0.15, -0.1) is 0 Å². The van der Waals surface area contributed by atoms with Crippen LogP contribution in [-0.2, 0) is 6.54 Å². The van der Waals surface area contributed by atoms with Gasteiger partial charge in [0.05, 0.1) is 17.2 Å². The van der Waals surface area contributed by atoms with E-state index in [0.29, 0.717) is 22.2 Å². The van der Waals surface area contributed by atoms with Gasteiger partial charge in [0.25, 0.3) is 5.91 Å². The molecule has 3 nitrogen and oxygen atoms in total. The second-order valence-electron chi connectivity index (χ2n) is 4.56. The van der Waals surface area contributed by atoms with Gasteiger partial charge in [0.1, 0.15) is 0 Å². The van der Waals surface area contributed by atoms with Gasteiger partial charge in [-0.2, -0.15) is 0 Å². The number of carbonyl (C=O) groups is 1. The fourth-order valence-electron chi connectivity index (χ4n) is 2.01. The molecule has 110 valence electrons. The van der Waals surface area contributed by atoms with Crippen molar-refractivity contribution in [3.8, 4) is 0 Å². The fraction of sp³-hybridized carbons (Fsp3) is 0.188. The molecule has 0 heterocycles. The Bertz CT molecular complexity index is 617. The van der Waals surface area contributed by atoms with Gasteiger partial charge in [0.2, 0.25) is 0 Å². The van der Waals surface area contributed by atoms with Crippen molar-refractivity contribution in [2.24, 2.45) is 0 Å². The van der Waals surface area contributed by atoms with Crippen LogP contribution in [0.15, 0.2) is 48.5 Å². The highest BCUT2D eigenvalue weighted by Gasteiger charge is 2.18. The summed E-state index contributed by atoms with van der Waals surface area (Å²) in [6.45, 7) is 0.524. The molecule has 0 aliphatic rings. The zero-order valence-corrected chi connectivity index (χ0v) is 12.8. The lowest BCUT2D eigenvalue weighted by Crippen LogP contribution is -2.33. The summed E-state index contributed by atoms with van der Waals surface area (Å²) in [6.07, 6.45) is 0. The number of aliphatic hydroxyl groups excluding tert-OH is 1. The molecule has 0 spiro atoms. The van der Waals surface area contributed by atoms with Crippen LogP contribution in [0, 0.1) is 0 Å². The smallest absolute Gasteiger partial charge is 0.255 e. The summed E-state index contributed by atoms with van der Waals surface area (Å²) < 4.78 is 0. The summed E-state index contributed by atoms with van der Waals surface area (Å²) in [5, 5.41) is 9.98. The second-order valence-corrected chi connectivity index (χ2v) is 5.40. The standard InChI is InChI=1S/C16H15Cl2NO2/c17-13-6-7-15(18)14(10-13)16(21)19(8-9-20)11-12-4-2-1-3-5-12/h1-7,10,20H,8-9,11H2. The normalized spacial score (nSPS) is 10.4. The van der Waals surface area contributed by atoms with Gasteiger partial charge >= 0.3 is 0 Å². The van der Waals surface area contributed by atoms with Crippen LogP contribution >= 0.6 is 23.2 Å². The molecular weight excluding hydrogens is 309 g/mol. The van der Waals surface area contributed by atoms with Crippen molar-refractivity contribution in [1.82, 2.24) is 4.90 Å². The molecule has 2 aromatic rings. The Morgan fingerprint density at radius 3 is 2.48 bits per heavy atom. The van der Waals surface area contributed by atoms with E-state index in [1.54, 1.807) is 23.1 Å². The maximum atomic E-state index is 12.6. The lowest BCUT2D eigenvalue weighted by atomic mass is 10.1. The van der Waals surface area contributed by atoms with Crippen molar-refractivity contribution in [3.05, 3.63) is 69.7 Å². The number of hydrogen-bond donors (Lipinski definition) is 1. The Balaban J connectivity index is 2.25. The molecule has 0 fully saturated rings. The van der Waals surface area contributed by atoms with Gasteiger partial charge in [-0.1, -0.05) is 53.5 Å². The maximum Gasteiger partial charge on any atom is 0.255 e. The number of aliphatic hydroxyl groups is 1. The van der Waals surface area contributed by atoms with E-state index >= 15 is 0 Å². The van der Waals surface area contributed by atoms with Crippen LogP contribution in [0.25, 0.3) is 0 Å². The first kappa shape index (κ1) is 15.8. The minimum Gasteiger partial charge on any atom is -0.395 e. The van der Waals surface area contributed by atoms with E-state index in [-0.39, 0.29) is 19.1 Å². The lowest BCUT2D eigenvalue weighted by molar-refractivity contribution is 0.0708. The van der Waals surface area contributed by atoms with E-state index in [1.165, 1.54) is 0 Å². The Kier molecular flexibility index (Phi) is 5.62. The van der Waals surface area contributed by atoms with E-state index in [9.17, 15) is 9.90 Å². The van der Waals surface area contributed by atoms with Crippen molar-refractivity contribution in [2.75, 3.05) is 13.2 Å². The van der Waals surface area contributed by atoms with Crippen molar-refractivity contribution in [1.29, 1.82) is 0 Å². The van der Waals surface area contributed by atoms with Gasteiger partial charge in [-0.05, 0) is 23.8 Å². The highest BCUT2D eigenvalue weighted by atomic mass is 35.5. The minimum atomic E-state index is -0.250. The number of halogens is 2. The summed E-state index contributed by atoms with van der Waals surface area (Å²) in [5.41, 5.74) is 1.32. The molecule has 2 aromatic carbocycles. The Labute approximate surface area is 133 Å². The highest BCUT2D eigenvalue weighted by molar-refractivity contribution is 6.35. The third-order valence-electron chi connectivity index (χ3n) is 3.03. The first-order valence-electron chi connectivity index (χ1n) is 6.51. The van der Waals surface area contributed by atoms with Crippen LogP contribution < -0.4 is 0 Å². The first-order valence-corrected chi connectivity index (χ1v) is 7.26. The molecule has 0 atom stereocenters. The molecule has 0 saturated heterocycles. The first-order chi connectivity index (χ1) is 10.1. The van der Waals surface area contributed by atoms with E-state index < -0.39 is 0 Å². The van der Waals surface area contributed by atoms with E-state index in [1.807, 2.05) is 30.3 Å². The number of carbonyl (C=O) groups excluding carboxylic acids is 1. The predicted octanol–water partition coefficient (Wildman–Crippen LogP) is 3.63. The fourth-order valence-corrected chi connectivity index (χ4v) is 2.38. The average molecular weight is 324 g/mol. The van der Waals surface area contributed by atoms with Crippen molar-refractivity contribution in [2.45, 2.75) is 6.54 Å². The Morgan fingerprint density at radius 1 is 1.10 bits per heavy atom. The number of rotatable bonds is 5. The molecule has 0 saturated carbocycles. The Hall–Kier alpha value is -1.55. The van der Waals surface area contributed by atoms with Crippen molar-refractivity contribution in [3.63, 3.8) is 0 Å². The summed E-state index contributed by atoms with van der Waals surface area (Å²) in [5.74, 6) is -0.250. The quantitative estimate of drug-likeness (QED) is 0.912. The van der Waals surface area contributed by atoms with E-state index in [0.717, 1.165) is 5.56 Å². The number of nitrogens with zero attached hydrogens (tertiary/aromatic N) is 1. The summed E-state index contributed by atoms with van der Waals surface area (Å²) in [4.78, 5) is 14.1. The number of hydrogen-bond acceptors (Lipinski definition) is 2. The van der Waals surface area contributed by atoms with Gasteiger partial charge < -0.3 is 10.0 Å². The summed E-state index contributed by atoms with van der Waals surface area (Å²) in [7, 11) is 0. The summed E-state index contributed by atoms with van der Waals surface area (Å²) >= 11 is 12.0. The minimum absolute atomic E-state index is 0.114. The number of benzene rings is 2. The molecular formula is C16H15Cl2NO2. The molecule has 0 aliphatic carbocycles. The second kappa shape index (κ2) is 7.46. The van der Waals surface area contributed by atoms with Crippen LogP contribution in [0.3, 0.4) is 0 Å². The average Bonchev–Trinajstić information content (AvgIpc) is 2.49. The largest absolute Gasteiger partial charge is 0.395 e. The van der Waals surface area contributed by atoms with Gasteiger partial charge in [-0.25, -0.2) is 0 Å².